The fourth-order valence-corrected chi connectivity index (χ4v) is 0.176. The Labute approximate surface area is 51.3 Å². The number of aliphatic carboxylic acids is 1. The van der Waals surface area contributed by atoms with Crippen LogP contribution in [0, 0.1) is 0 Å². The highest BCUT2D eigenvalue weighted by atomic mass is 16.4. The first-order valence-corrected chi connectivity index (χ1v) is 2.18. The smallest absolute Gasteiger partial charge is 0.356 e. The summed E-state index contributed by atoms with van der Waals surface area (Å²) in [5, 5.41) is 18.4. The maximum absolute atomic E-state index is 9.94. The minimum absolute atomic E-state index is 0.119. The van der Waals surface area contributed by atoms with Crippen LogP contribution in [-0.4, -0.2) is 28.3 Å². The Morgan fingerprint density at radius 1 is 1.78 bits per heavy atom. The van der Waals surface area contributed by atoms with Gasteiger partial charge in [0.2, 0.25) is 12.1 Å². The van der Waals surface area contributed by atoms with Gasteiger partial charge in [0.1, 0.15) is 0 Å². The van der Waals surface area contributed by atoms with Crippen LogP contribution in [0.15, 0.2) is 0 Å². The molecule has 0 aromatic heterocycles. The first-order chi connectivity index (χ1) is 4.00. The number of carbonyl (C=O) groups excluding carboxylic acids is 1. The lowest BCUT2D eigenvalue weighted by atomic mass is 10.3. The molecule has 0 fully saturated rings. The van der Waals surface area contributed by atoms with E-state index in [1.807, 2.05) is 0 Å². The number of carboxylic acids is 1. The van der Waals surface area contributed by atoms with Crippen molar-refractivity contribution in [3.63, 3.8) is 0 Å². The van der Waals surface area contributed by atoms with Crippen molar-refractivity contribution >= 4 is 12.4 Å². The fraction of sp³-hybridized carbons (Fsp3) is 0.500. The number of aliphatic hydroxyl groups is 1. The van der Waals surface area contributed by atoms with Crippen LogP contribution in [-0.2, 0) is 9.59 Å². The Bertz CT molecular complexity index is 131. The minimum atomic E-state index is -2.15. The van der Waals surface area contributed by atoms with E-state index >= 15 is 0 Å². The molecule has 0 aliphatic carbocycles. The third-order valence-corrected chi connectivity index (χ3v) is 0.756. The molecule has 0 heterocycles. The molecular weight excluding hydrogens is 126 g/mol. The Hall–Kier alpha value is -1.10. The van der Waals surface area contributed by atoms with E-state index in [1.54, 1.807) is 5.32 Å². The topological polar surface area (TPSA) is 86.6 Å². The number of amides is 1. The molecule has 0 aromatic rings. The summed E-state index contributed by atoms with van der Waals surface area (Å²) in [5.74, 6) is -1.49. The molecule has 0 aliphatic heterocycles. The molecule has 0 bridgehead atoms. The van der Waals surface area contributed by atoms with Gasteiger partial charge in [0, 0.05) is 0 Å². The minimum Gasteiger partial charge on any atom is -0.478 e. The SMILES string of the molecule is CC(O)(NC=O)C(=O)O. The summed E-state index contributed by atoms with van der Waals surface area (Å²) in [4.78, 5) is 19.5. The summed E-state index contributed by atoms with van der Waals surface area (Å²) >= 11 is 0. The lowest BCUT2D eigenvalue weighted by Crippen LogP contribution is -2.48. The lowest BCUT2D eigenvalue weighted by Gasteiger charge is -2.14. The predicted molar refractivity (Wildman–Crippen MR) is 27.5 cm³/mol. The molecule has 0 saturated heterocycles. The van der Waals surface area contributed by atoms with Crippen molar-refractivity contribution in [2.45, 2.75) is 12.6 Å². The molecular formula is C4H7NO4. The van der Waals surface area contributed by atoms with Crippen LogP contribution in [0.3, 0.4) is 0 Å². The highest BCUT2D eigenvalue weighted by Gasteiger charge is 2.28. The molecule has 52 valence electrons. The first-order valence-electron chi connectivity index (χ1n) is 2.18. The Kier molecular flexibility index (Phi) is 2.15. The first kappa shape index (κ1) is 7.90. The fourth-order valence-electron chi connectivity index (χ4n) is 0.176. The van der Waals surface area contributed by atoms with Crippen LogP contribution in [0.4, 0.5) is 0 Å². The molecule has 9 heavy (non-hydrogen) atoms. The Balaban J connectivity index is 4.00. The zero-order valence-corrected chi connectivity index (χ0v) is 4.79. The average Bonchev–Trinajstić information content (AvgIpc) is 1.65. The number of hydrogen-bond donors (Lipinski definition) is 3. The lowest BCUT2D eigenvalue weighted by molar-refractivity contribution is -0.161. The van der Waals surface area contributed by atoms with Crippen LogP contribution in [0.5, 0.6) is 0 Å². The second kappa shape index (κ2) is 2.45. The Morgan fingerprint density at radius 2 is 2.22 bits per heavy atom. The molecule has 1 atom stereocenters. The second-order valence-corrected chi connectivity index (χ2v) is 1.64. The van der Waals surface area contributed by atoms with Crippen molar-refractivity contribution in [2.75, 3.05) is 0 Å². The van der Waals surface area contributed by atoms with E-state index in [9.17, 15) is 9.59 Å². The second-order valence-electron chi connectivity index (χ2n) is 1.64. The van der Waals surface area contributed by atoms with Crippen molar-refractivity contribution in [2.24, 2.45) is 0 Å². The van der Waals surface area contributed by atoms with Gasteiger partial charge in [-0.1, -0.05) is 0 Å². The number of carboxylic acid groups (broad SMARTS) is 1. The van der Waals surface area contributed by atoms with Crippen LogP contribution in [0.2, 0.25) is 0 Å². The van der Waals surface area contributed by atoms with Crippen molar-refractivity contribution in [3.05, 3.63) is 0 Å². The summed E-state index contributed by atoms with van der Waals surface area (Å²) in [6, 6.07) is 0. The van der Waals surface area contributed by atoms with Gasteiger partial charge in [-0.15, -0.1) is 0 Å². The van der Waals surface area contributed by atoms with Gasteiger partial charge in [0.25, 0.3) is 0 Å². The van der Waals surface area contributed by atoms with Crippen LogP contribution in [0.1, 0.15) is 6.92 Å². The third kappa shape index (κ3) is 2.09. The summed E-state index contributed by atoms with van der Waals surface area (Å²) in [6.07, 6.45) is 0.119. The van der Waals surface area contributed by atoms with Crippen molar-refractivity contribution < 1.29 is 19.8 Å². The van der Waals surface area contributed by atoms with E-state index in [-0.39, 0.29) is 6.41 Å². The monoisotopic (exact) mass is 133 g/mol. The van der Waals surface area contributed by atoms with Gasteiger partial charge >= 0.3 is 5.97 Å². The van der Waals surface area contributed by atoms with Gasteiger partial charge in [-0.05, 0) is 6.92 Å². The van der Waals surface area contributed by atoms with Gasteiger partial charge in [-0.3, -0.25) is 4.79 Å². The van der Waals surface area contributed by atoms with Crippen LogP contribution < -0.4 is 5.32 Å². The number of carbonyl (C=O) groups is 2. The predicted octanol–water partition coefficient (Wildman–Crippen LogP) is -1.47. The van der Waals surface area contributed by atoms with Gasteiger partial charge in [-0.2, -0.15) is 0 Å². The zero-order chi connectivity index (χ0) is 7.49. The molecule has 1 unspecified atom stereocenters. The third-order valence-electron chi connectivity index (χ3n) is 0.756. The van der Waals surface area contributed by atoms with Gasteiger partial charge in [0.15, 0.2) is 0 Å². The highest BCUT2D eigenvalue weighted by molar-refractivity contribution is 5.78. The molecule has 0 spiro atoms. The maximum Gasteiger partial charge on any atom is 0.356 e. The molecule has 5 heteroatoms. The summed E-state index contributed by atoms with van der Waals surface area (Å²) in [5.41, 5.74) is -2.15. The molecule has 0 radical (unpaired) electrons. The molecule has 5 nitrogen and oxygen atoms in total. The van der Waals surface area contributed by atoms with E-state index < -0.39 is 11.7 Å². The maximum atomic E-state index is 9.94. The van der Waals surface area contributed by atoms with E-state index in [0.717, 1.165) is 6.92 Å². The molecule has 0 rings (SSSR count). The molecule has 3 N–H and O–H groups in total. The number of nitrogens with one attached hydrogen (secondary N) is 1. The molecule has 1 amide bonds. The summed E-state index contributed by atoms with van der Waals surface area (Å²) in [7, 11) is 0. The van der Waals surface area contributed by atoms with E-state index in [1.165, 1.54) is 0 Å². The van der Waals surface area contributed by atoms with E-state index in [0.29, 0.717) is 0 Å². The van der Waals surface area contributed by atoms with Crippen molar-refractivity contribution in [1.29, 1.82) is 0 Å². The molecule has 0 saturated carbocycles. The molecule has 0 aliphatic rings. The summed E-state index contributed by atoms with van der Waals surface area (Å²) in [6.45, 7) is 0.962. The zero-order valence-electron chi connectivity index (χ0n) is 4.79. The number of hydrogen-bond acceptors (Lipinski definition) is 3. The van der Waals surface area contributed by atoms with E-state index in [4.69, 9.17) is 10.2 Å². The largest absolute Gasteiger partial charge is 0.478 e. The summed E-state index contributed by atoms with van der Waals surface area (Å²) < 4.78 is 0. The van der Waals surface area contributed by atoms with Crippen molar-refractivity contribution in [3.8, 4) is 0 Å². The van der Waals surface area contributed by atoms with Gasteiger partial charge in [-0.25, -0.2) is 4.79 Å². The van der Waals surface area contributed by atoms with Gasteiger partial charge in [0.05, 0.1) is 0 Å². The standard InChI is InChI=1S/C4H7NO4/c1-4(9,3(7)8)5-2-6/h2,9H,1H3,(H,5,6)(H,7,8). The number of rotatable bonds is 3. The quantitative estimate of drug-likeness (QED) is 0.324. The Morgan fingerprint density at radius 3 is 2.33 bits per heavy atom. The van der Waals surface area contributed by atoms with Crippen LogP contribution in [0.25, 0.3) is 0 Å². The van der Waals surface area contributed by atoms with E-state index in [2.05, 4.69) is 0 Å². The van der Waals surface area contributed by atoms with Crippen LogP contribution >= 0.6 is 0 Å². The molecule has 0 aromatic carbocycles. The highest BCUT2D eigenvalue weighted by Crippen LogP contribution is 1.93. The van der Waals surface area contributed by atoms with Gasteiger partial charge < -0.3 is 15.5 Å². The average molecular weight is 133 g/mol. The van der Waals surface area contributed by atoms with Crippen molar-refractivity contribution in [1.82, 2.24) is 5.32 Å². The normalized spacial score (nSPS) is 15.8.